The lowest BCUT2D eigenvalue weighted by Gasteiger charge is -2.08. The second kappa shape index (κ2) is 7.43. The molecule has 0 aliphatic rings. The van der Waals surface area contributed by atoms with E-state index >= 15 is 0 Å². The average molecular weight is 276 g/mol. The SMILES string of the molecule is CC(=O)c1ccc(NC(=O)CC(=O)NCC(C)C)cc1. The van der Waals surface area contributed by atoms with Crippen LogP contribution in [-0.4, -0.2) is 24.1 Å². The summed E-state index contributed by atoms with van der Waals surface area (Å²) in [6.07, 6.45) is -0.207. The van der Waals surface area contributed by atoms with Crippen LogP contribution in [0.4, 0.5) is 5.69 Å². The lowest BCUT2D eigenvalue weighted by Crippen LogP contribution is -2.30. The molecule has 1 rings (SSSR count). The average Bonchev–Trinajstić information content (AvgIpc) is 2.36. The van der Waals surface area contributed by atoms with Crippen molar-refractivity contribution in [3.63, 3.8) is 0 Å². The molecule has 0 aliphatic heterocycles. The third kappa shape index (κ3) is 5.65. The van der Waals surface area contributed by atoms with Gasteiger partial charge >= 0.3 is 0 Å². The number of hydrogen-bond acceptors (Lipinski definition) is 3. The number of amides is 2. The largest absolute Gasteiger partial charge is 0.355 e. The molecule has 0 aromatic heterocycles. The van der Waals surface area contributed by atoms with Crippen molar-refractivity contribution in [2.75, 3.05) is 11.9 Å². The molecule has 108 valence electrons. The van der Waals surface area contributed by atoms with Crippen LogP contribution < -0.4 is 10.6 Å². The van der Waals surface area contributed by atoms with Gasteiger partial charge in [-0.2, -0.15) is 0 Å². The van der Waals surface area contributed by atoms with E-state index in [0.29, 0.717) is 23.7 Å². The highest BCUT2D eigenvalue weighted by Crippen LogP contribution is 2.10. The molecule has 2 N–H and O–H groups in total. The number of hydrogen-bond donors (Lipinski definition) is 2. The fourth-order valence-corrected chi connectivity index (χ4v) is 1.52. The van der Waals surface area contributed by atoms with Crippen LogP contribution in [0.1, 0.15) is 37.6 Å². The van der Waals surface area contributed by atoms with Gasteiger partial charge in [-0.05, 0) is 37.1 Å². The van der Waals surface area contributed by atoms with Gasteiger partial charge in [0.25, 0.3) is 0 Å². The Labute approximate surface area is 118 Å². The summed E-state index contributed by atoms with van der Waals surface area (Å²) < 4.78 is 0. The second-order valence-electron chi connectivity index (χ2n) is 5.06. The minimum atomic E-state index is -0.373. The molecule has 5 heteroatoms. The smallest absolute Gasteiger partial charge is 0.233 e. The number of Topliss-reactive ketones (excluding diaryl/α,β-unsaturated/α-hetero) is 1. The normalized spacial score (nSPS) is 10.2. The molecule has 0 saturated heterocycles. The number of nitrogens with one attached hydrogen (secondary N) is 2. The molecule has 20 heavy (non-hydrogen) atoms. The summed E-state index contributed by atoms with van der Waals surface area (Å²) in [6.45, 7) is 6.00. The van der Waals surface area contributed by atoms with E-state index < -0.39 is 0 Å². The Hall–Kier alpha value is -2.17. The van der Waals surface area contributed by atoms with Crippen molar-refractivity contribution in [1.82, 2.24) is 5.32 Å². The highest BCUT2D eigenvalue weighted by atomic mass is 16.2. The van der Waals surface area contributed by atoms with Gasteiger partial charge in [0.15, 0.2) is 5.78 Å². The molecule has 0 bridgehead atoms. The predicted molar refractivity (Wildman–Crippen MR) is 77.5 cm³/mol. The van der Waals surface area contributed by atoms with Crippen LogP contribution in [-0.2, 0) is 9.59 Å². The zero-order valence-corrected chi connectivity index (χ0v) is 12.0. The molecule has 2 amide bonds. The molecule has 1 aromatic rings. The zero-order valence-electron chi connectivity index (χ0n) is 12.0. The maximum atomic E-state index is 11.6. The molecule has 0 aliphatic carbocycles. The molecule has 0 fully saturated rings. The van der Waals surface area contributed by atoms with Crippen molar-refractivity contribution in [1.29, 1.82) is 0 Å². The number of carbonyl (C=O) groups is 3. The van der Waals surface area contributed by atoms with Crippen LogP contribution in [0, 0.1) is 5.92 Å². The van der Waals surface area contributed by atoms with Crippen LogP contribution in [0.3, 0.4) is 0 Å². The van der Waals surface area contributed by atoms with Gasteiger partial charge in [-0.15, -0.1) is 0 Å². The quantitative estimate of drug-likeness (QED) is 0.616. The fraction of sp³-hybridized carbons (Fsp3) is 0.400. The molecule has 1 aromatic carbocycles. The van der Waals surface area contributed by atoms with E-state index in [0.717, 1.165) is 0 Å². The van der Waals surface area contributed by atoms with E-state index in [1.165, 1.54) is 6.92 Å². The Morgan fingerprint density at radius 1 is 1.05 bits per heavy atom. The van der Waals surface area contributed by atoms with E-state index in [1.54, 1.807) is 24.3 Å². The molecular formula is C15H20N2O3. The minimum absolute atomic E-state index is 0.0315. The maximum absolute atomic E-state index is 11.6. The third-order valence-corrected chi connectivity index (χ3v) is 2.60. The first-order valence-electron chi connectivity index (χ1n) is 6.56. The molecule has 0 heterocycles. The van der Waals surface area contributed by atoms with Gasteiger partial charge in [-0.1, -0.05) is 13.8 Å². The first-order valence-corrected chi connectivity index (χ1v) is 6.56. The highest BCUT2D eigenvalue weighted by Gasteiger charge is 2.10. The summed E-state index contributed by atoms with van der Waals surface area (Å²) >= 11 is 0. The molecule has 5 nitrogen and oxygen atoms in total. The van der Waals surface area contributed by atoms with E-state index in [1.807, 2.05) is 13.8 Å². The van der Waals surface area contributed by atoms with E-state index in [4.69, 9.17) is 0 Å². The number of ketones is 1. The van der Waals surface area contributed by atoms with Gasteiger partial charge in [0.2, 0.25) is 11.8 Å². The maximum Gasteiger partial charge on any atom is 0.233 e. The Morgan fingerprint density at radius 3 is 2.15 bits per heavy atom. The molecule has 0 spiro atoms. The highest BCUT2D eigenvalue weighted by molar-refractivity contribution is 6.03. The Morgan fingerprint density at radius 2 is 1.65 bits per heavy atom. The summed E-state index contributed by atoms with van der Waals surface area (Å²) in [4.78, 5) is 34.2. The Bertz CT molecular complexity index is 492. The van der Waals surface area contributed by atoms with Gasteiger partial charge in [0.1, 0.15) is 6.42 Å². The molecule has 0 radical (unpaired) electrons. The van der Waals surface area contributed by atoms with Gasteiger partial charge in [0.05, 0.1) is 0 Å². The van der Waals surface area contributed by atoms with E-state index in [2.05, 4.69) is 10.6 Å². The summed E-state index contributed by atoms with van der Waals surface area (Å²) in [5.41, 5.74) is 1.15. The zero-order chi connectivity index (χ0) is 15.1. The van der Waals surface area contributed by atoms with Crippen LogP contribution in [0.5, 0.6) is 0 Å². The van der Waals surface area contributed by atoms with Crippen molar-refractivity contribution < 1.29 is 14.4 Å². The third-order valence-electron chi connectivity index (χ3n) is 2.60. The summed E-state index contributed by atoms with van der Waals surface area (Å²) in [7, 11) is 0. The summed E-state index contributed by atoms with van der Waals surface area (Å²) in [6, 6.07) is 6.55. The number of rotatable bonds is 6. The molecule has 0 unspecified atom stereocenters. The molecular weight excluding hydrogens is 256 g/mol. The van der Waals surface area contributed by atoms with Crippen LogP contribution in [0.15, 0.2) is 24.3 Å². The van der Waals surface area contributed by atoms with E-state index in [-0.39, 0.29) is 24.0 Å². The van der Waals surface area contributed by atoms with Crippen LogP contribution in [0.25, 0.3) is 0 Å². The summed E-state index contributed by atoms with van der Waals surface area (Å²) in [5, 5.41) is 5.29. The van der Waals surface area contributed by atoms with Crippen molar-refractivity contribution in [2.24, 2.45) is 5.92 Å². The standard InChI is InChI=1S/C15H20N2O3/c1-10(2)9-16-14(19)8-15(20)17-13-6-4-12(5-7-13)11(3)18/h4-7,10H,8-9H2,1-3H3,(H,16,19)(H,17,20). The van der Waals surface area contributed by atoms with Gasteiger partial charge < -0.3 is 10.6 Å². The Kier molecular flexibility index (Phi) is 5.90. The first kappa shape index (κ1) is 15.9. The Balaban J connectivity index is 2.46. The van der Waals surface area contributed by atoms with Crippen molar-refractivity contribution in [3.05, 3.63) is 29.8 Å². The second-order valence-corrected chi connectivity index (χ2v) is 5.06. The predicted octanol–water partition coefficient (Wildman–Crippen LogP) is 1.99. The van der Waals surface area contributed by atoms with Gasteiger partial charge in [-0.25, -0.2) is 0 Å². The van der Waals surface area contributed by atoms with Crippen LogP contribution in [0.2, 0.25) is 0 Å². The lowest BCUT2D eigenvalue weighted by atomic mass is 10.1. The monoisotopic (exact) mass is 276 g/mol. The molecule has 0 atom stereocenters. The number of carbonyl (C=O) groups excluding carboxylic acids is 3. The number of benzene rings is 1. The van der Waals surface area contributed by atoms with E-state index in [9.17, 15) is 14.4 Å². The van der Waals surface area contributed by atoms with Gasteiger partial charge in [0, 0.05) is 17.8 Å². The van der Waals surface area contributed by atoms with Crippen molar-refractivity contribution in [2.45, 2.75) is 27.2 Å². The van der Waals surface area contributed by atoms with Gasteiger partial charge in [-0.3, -0.25) is 14.4 Å². The fourth-order valence-electron chi connectivity index (χ4n) is 1.52. The lowest BCUT2D eigenvalue weighted by molar-refractivity contribution is -0.126. The van der Waals surface area contributed by atoms with Crippen LogP contribution >= 0.6 is 0 Å². The first-order chi connectivity index (χ1) is 9.38. The topological polar surface area (TPSA) is 75.3 Å². The molecule has 0 saturated carbocycles. The number of anilines is 1. The van der Waals surface area contributed by atoms with Crippen molar-refractivity contribution >= 4 is 23.3 Å². The van der Waals surface area contributed by atoms with Crippen molar-refractivity contribution in [3.8, 4) is 0 Å². The summed E-state index contributed by atoms with van der Waals surface area (Å²) in [5.74, 6) is -0.351. The minimum Gasteiger partial charge on any atom is -0.355 e.